The molecule has 0 saturated carbocycles. The summed E-state index contributed by atoms with van der Waals surface area (Å²) in [5.41, 5.74) is -0.580. The SMILES string of the molecule is C[Si](C)(C)CCOCn1cc(-c2cccc(C(=O)Nc3cc(Cl)ncc3C(F)(F)F)n2)cn1. The van der Waals surface area contributed by atoms with Crippen molar-refractivity contribution >= 4 is 31.3 Å². The van der Waals surface area contributed by atoms with Crippen LogP contribution < -0.4 is 5.32 Å². The van der Waals surface area contributed by atoms with Gasteiger partial charge in [0, 0.05) is 32.6 Å². The number of carbonyl (C=O) groups is 1. The zero-order valence-corrected chi connectivity index (χ0v) is 20.0. The van der Waals surface area contributed by atoms with Gasteiger partial charge in [0.05, 0.1) is 23.1 Å². The van der Waals surface area contributed by atoms with Crippen molar-refractivity contribution in [2.24, 2.45) is 0 Å². The van der Waals surface area contributed by atoms with Crippen molar-refractivity contribution in [1.29, 1.82) is 0 Å². The predicted molar refractivity (Wildman–Crippen MR) is 122 cm³/mol. The van der Waals surface area contributed by atoms with Crippen LogP contribution in [-0.2, 0) is 17.6 Å². The number of hydrogen-bond acceptors (Lipinski definition) is 5. The van der Waals surface area contributed by atoms with Gasteiger partial charge < -0.3 is 10.1 Å². The minimum absolute atomic E-state index is 0.0623. The van der Waals surface area contributed by atoms with Crippen LogP contribution in [0.3, 0.4) is 0 Å². The number of aromatic nitrogens is 4. The second-order valence-corrected chi connectivity index (χ2v) is 14.5. The summed E-state index contributed by atoms with van der Waals surface area (Å²) in [7, 11) is -1.18. The average Bonchev–Trinajstić information content (AvgIpc) is 3.19. The number of hydrogen-bond donors (Lipinski definition) is 1. The second-order valence-electron chi connectivity index (χ2n) is 8.53. The third-order valence-electron chi connectivity index (χ3n) is 4.55. The molecule has 33 heavy (non-hydrogen) atoms. The quantitative estimate of drug-likeness (QED) is 0.250. The molecule has 0 bridgehead atoms. The maximum Gasteiger partial charge on any atom is 0.419 e. The van der Waals surface area contributed by atoms with Crippen LogP contribution in [0.15, 0.2) is 42.9 Å². The summed E-state index contributed by atoms with van der Waals surface area (Å²) in [6.45, 7) is 7.74. The molecule has 3 aromatic heterocycles. The highest BCUT2D eigenvalue weighted by atomic mass is 35.5. The van der Waals surface area contributed by atoms with Crippen molar-refractivity contribution in [2.45, 2.75) is 38.6 Å². The first-order chi connectivity index (χ1) is 15.4. The number of rotatable bonds is 8. The van der Waals surface area contributed by atoms with Crippen LogP contribution >= 0.6 is 11.6 Å². The van der Waals surface area contributed by atoms with E-state index in [2.05, 4.69) is 40.0 Å². The first kappa shape index (κ1) is 24.9. The van der Waals surface area contributed by atoms with Gasteiger partial charge in [0.1, 0.15) is 17.6 Å². The van der Waals surface area contributed by atoms with Gasteiger partial charge in [0.15, 0.2) is 0 Å². The largest absolute Gasteiger partial charge is 0.419 e. The lowest BCUT2D eigenvalue weighted by Crippen LogP contribution is -2.22. The van der Waals surface area contributed by atoms with Crippen molar-refractivity contribution in [3.63, 3.8) is 0 Å². The van der Waals surface area contributed by atoms with E-state index in [0.717, 1.165) is 12.1 Å². The summed E-state index contributed by atoms with van der Waals surface area (Å²) >= 11 is 5.71. The van der Waals surface area contributed by atoms with E-state index in [1.165, 1.54) is 6.07 Å². The molecule has 0 spiro atoms. The summed E-state index contributed by atoms with van der Waals surface area (Å²) in [6, 6.07) is 6.65. The predicted octanol–water partition coefficient (Wildman–Crippen LogP) is 5.58. The Kier molecular flexibility index (Phi) is 7.55. The van der Waals surface area contributed by atoms with Gasteiger partial charge in [-0.3, -0.25) is 4.79 Å². The Morgan fingerprint density at radius 1 is 1.24 bits per heavy atom. The molecule has 12 heteroatoms. The molecule has 3 aromatic rings. The topological polar surface area (TPSA) is 81.9 Å². The molecule has 0 atom stereocenters. The molecular formula is C21H23ClF3N5O2Si. The van der Waals surface area contributed by atoms with E-state index in [0.29, 0.717) is 24.1 Å². The third kappa shape index (κ3) is 7.11. The normalized spacial score (nSPS) is 12.1. The fourth-order valence-corrected chi connectivity index (χ4v) is 3.68. The third-order valence-corrected chi connectivity index (χ3v) is 6.47. The highest BCUT2D eigenvalue weighted by Gasteiger charge is 2.34. The molecule has 7 nitrogen and oxygen atoms in total. The van der Waals surface area contributed by atoms with Gasteiger partial charge in [0.25, 0.3) is 5.91 Å². The highest BCUT2D eigenvalue weighted by Crippen LogP contribution is 2.35. The molecule has 0 aliphatic rings. The van der Waals surface area contributed by atoms with E-state index in [-0.39, 0.29) is 17.6 Å². The monoisotopic (exact) mass is 497 g/mol. The van der Waals surface area contributed by atoms with Crippen molar-refractivity contribution in [3.8, 4) is 11.3 Å². The summed E-state index contributed by atoms with van der Waals surface area (Å²) in [6.07, 6.45) is -0.831. The second kappa shape index (κ2) is 10.0. The number of amides is 1. The van der Waals surface area contributed by atoms with Crippen molar-refractivity contribution in [2.75, 3.05) is 11.9 Å². The number of anilines is 1. The van der Waals surface area contributed by atoms with Gasteiger partial charge in [-0.05, 0) is 24.2 Å². The van der Waals surface area contributed by atoms with Crippen LogP contribution in [0.4, 0.5) is 18.9 Å². The van der Waals surface area contributed by atoms with E-state index < -0.39 is 31.4 Å². The molecule has 0 saturated heterocycles. The minimum atomic E-state index is -4.71. The van der Waals surface area contributed by atoms with Crippen LogP contribution in [0.1, 0.15) is 16.1 Å². The number of carbonyl (C=O) groups excluding carboxylic acids is 1. The number of alkyl halides is 3. The number of nitrogens with zero attached hydrogens (tertiary/aromatic N) is 4. The van der Waals surface area contributed by atoms with Crippen molar-refractivity contribution < 1.29 is 22.7 Å². The van der Waals surface area contributed by atoms with Gasteiger partial charge in [-0.25, -0.2) is 14.6 Å². The number of nitrogens with one attached hydrogen (secondary N) is 1. The first-order valence-electron chi connectivity index (χ1n) is 10.0. The maximum atomic E-state index is 13.2. The zero-order chi connectivity index (χ0) is 24.2. The highest BCUT2D eigenvalue weighted by molar-refractivity contribution is 6.76. The Morgan fingerprint density at radius 2 is 2.00 bits per heavy atom. The summed E-state index contributed by atoms with van der Waals surface area (Å²) in [5, 5.41) is 6.27. The Hall–Kier alpha value is -2.76. The number of ether oxygens (including phenoxy) is 1. The molecule has 0 aromatic carbocycles. The van der Waals surface area contributed by atoms with Gasteiger partial charge in [-0.1, -0.05) is 37.3 Å². The lowest BCUT2D eigenvalue weighted by atomic mass is 10.2. The van der Waals surface area contributed by atoms with Crippen LogP contribution in [0.2, 0.25) is 30.8 Å². The number of pyridine rings is 2. The summed E-state index contributed by atoms with van der Waals surface area (Å²) in [5.74, 6) is -0.813. The van der Waals surface area contributed by atoms with Crippen molar-refractivity contribution in [1.82, 2.24) is 19.7 Å². The van der Waals surface area contributed by atoms with E-state index in [9.17, 15) is 18.0 Å². The molecule has 1 amide bonds. The molecular weight excluding hydrogens is 475 g/mol. The fraction of sp³-hybridized carbons (Fsp3) is 0.333. The van der Waals surface area contributed by atoms with Gasteiger partial charge in [-0.2, -0.15) is 18.3 Å². The van der Waals surface area contributed by atoms with Crippen molar-refractivity contribution in [3.05, 3.63) is 59.3 Å². The maximum absolute atomic E-state index is 13.2. The molecule has 0 aliphatic heterocycles. The standard InChI is InChI=1S/C21H23ClF3N5O2Si/c1-33(2,3)8-7-32-13-30-12-14(10-27-30)16-5-4-6-17(28-16)20(31)29-18-9-19(22)26-11-15(18)21(23,24)25/h4-6,9-12H,7-8,13H2,1-3H3,(H,26,29,31). The Morgan fingerprint density at radius 3 is 2.70 bits per heavy atom. The Balaban J connectivity index is 1.71. The zero-order valence-electron chi connectivity index (χ0n) is 18.3. The molecule has 0 aliphatic carbocycles. The molecule has 176 valence electrons. The summed E-state index contributed by atoms with van der Waals surface area (Å²) < 4.78 is 46.9. The lowest BCUT2D eigenvalue weighted by molar-refractivity contribution is -0.137. The van der Waals surface area contributed by atoms with Gasteiger partial charge in [-0.15, -0.1) is 0 Å². The van der Waals surface area contributed by atoms with Crippen LogP contribution in [0, 0.1) is 0 Å². The Bertz CT molecular complexity index is 1130. The van der Waals surface area contributed by atoms with E-state index in [4.69, 9.17) is 16.3 Å². The van der Waals surface area contributed by atoms with Gasteiger partial charge >= 0.3 is 6.18 Å². The molecule has 3 rings (SSSR count). The van der Waals surface area contributed by atoms with Crippen LogP contribution in [-0.4, -0.2) is 40.3 Å². The van der Waals surface area contributed by atoms with E-state index in [1.807, 2.05) is 0 Å². The molecule has 0 unspecified atom stereocenters. The molecule has 0 fully saturated rings. The Labute approximate surface area is 195 Å². The van der Waals surface area contributed by atoms with E-state index in [1.54, 1.807) is 29.2 Å². The molecule has 0 radical (unpaired) electrons. The molecule has 1 N–H and O–H groups in total. The minimum Gasteiger partial charge on any atom is -0.360 e. The molecule has 3 heterocycles. The first-order valence-corrected chi connectivity index (χ1v) is 14.1. The summed E-state index contributed by atoms with van der Waals surface area (Å²) in [4.78, 5) is 20.3. The average molecular weight is 498 g/mol. The number of halogens is 4. The lowest BCUT2D eigenvalue weighted by Gasteiger charge is -2.15. The van der Waals surface area contributed by atoms with Gasteiger partial charge in [0.2, 0.25) is 0 Å². The van der Waals surface area contributed by atoms with Crippen LogP contribution in [0.25, 0.3) is 11.3 Å². The van der Waals surface area contributed by atoms with Crippen LogP contribution in [0.5, 0.6) is 0 Å². The smallest absolute Gasteiger partial charge is 0.360 e. The fourth-order valence-electron chi connectivity index (χ4n) is 2.77. The van der Waals surface area contributed by atoms with E-state index >= 15 is 0 Å².